The summed E-state index contributed by atoms with van der Waals surface area (Å²) in [7, 11) is -3.70. The third kappa shape index (κ3) is 5.70. The molecule has 0 saturated carbocycles. The molecule has 0 amide bonds. The summed E-state index contributed by atoms with van der Waals surface area (Å²) in [6, 6.07) is 11.3. The van der Waals surface area contributed by atoms with Crippen LogP contribution >= 0.6 is 27.5 Å². The summed E-state index contributed by atoms with van der Waals surface area (Å²) in [6.45, 7) is 4.29. The van der Waals surface area contributed by atoms with Crippen molar-refractivity contribution in [1.29, 1.82) is 0 Å². The SMILES string of the molecule is CCN(CC)S(=O)(=O)c1ccc(Cl)c(C(=O)OCCOc2cccc(Br)c2)c1. The van der Waals surface area contributed by atoms with Crippen molar-refractivity contribution in [3.8, 4) is 5.75 Å². The fourth-order valence-electron chi connectivity index (χ4n) is 2.46. The zero-order chi connectivity index (χ0) is 20.7. The highest BCUT2D eigenvalue weighted by Gasteiger charge is 2.24. The molecule has 152 valence electrons. The molecule has 2 aromatic rings. The number of esters is 1. The first-order valence-electron chi connectivity index (χ1n) is 8.64. The predicted octanol–water partition coefficient (Wildman–Crippen LogP) is 4.37. The van der Waals surface area contributed by atoms with Gasteiger partial charge in [-0.2, -0.15) is 4.31 Å². The second-order valence-electron chi connectivity index (χ2n) is 5.67. The first-order chi connectivity index (χ1) is 13.3. The highest BCUT2D eigenvalue weighted by molar-refractivity contribution is 9.10. The maximum atomic E-state index is 12.6. The number of nitrogens with zero attached hydrogens (tertiary/aromatic N) is 1. The van der Waals surface area contributed by atoms with Crippen LogP contribution in [-0.4, -0.2) is 45.0 Å². The number of sulfonamides is 1. The fraction of sp³-hybridized carbons (Fsp3) is 0.316. The van der Waals surface area contributed by atoms with Gasteiger partial charge < -0.3 is 9.47 Å². The molecule has 2 rings (SSSR count). The molecule has 0 aliphatic heterocycles. The number of ether oxygens (including phenoxy) is 2. The molecule has 0 radical (unpaired) electrons. The van der Waals surface area contributed by atoms with Gasteiger partial charge >= 0.3 is 5.97 Å². The van der Waals surface area contributed by atoms with Crippen LogP contribution in [0.4, 0.5) is 0 Å². The minimum atomic E-state index is -3.70. The molecule has 0 fully saturated rings. The number of hydrogen-bond donors (Lipinski definition) is 0. The van der Waals surface area contributed by atoms with Crippen LogP contribution in [0.25, 0.3) is 0 Å². The molecular formula is C19H21BrClNO5S. The Morgan fingerprint density at radius 3 is 2.46 bits per heavy atom. The molecule has 0 unspecified atom stereocenters. The molecular weight excluding hydrogens is 470 g/mol. The van der Waals surface area contributed by atoms with E-state index in [2.05, 4.69) is 15.9 Å². The lowest BCUT2D eigenvalue weighted by molar-refractivity contribution is 0.0450. The van der Waals surface area contributed by atoms with Crippen LogP contribution in [0.1, 0.15) is 24.2 Å². The van der Waals surface area contributed by atoms with Gasteiger partial charge in [0.1, 0.15) is 19.0 Å². The Balaban J connectivity index is 2.04. The Labute approximate surface area is 178 Å². The Kier molecular flexibility index (Phi) is 8.30. The van der Waals surface area contributed by atoms with Gasteiger partial charge in [-0.05, 0) is 36.4 Å². The van der Waals surface area contributed by atoms with E-state index in [4.69, 9.17) is 21.1 Å². The van der Waals surface area contributed by atoms with Gasteiger partial charge in [0.05, 0.1) is 15.5 Å². The predicted molar refractivity (Wildman–Crippen MR) is 111 cm³/mol. The van der Waals surface area contributed by atoms with Gasteiger partial charge in [0, 0.05) is 17.6 Å². The number of carbonyl (C=O) groups is 1. The summed E-state index contributed by atoms with van der Waals surface area (Å²) in [5.41, 5.74) is -0.00245. The van der Waals surface area contributed by atoms with Crippen LogP contribution in [-0.2, 0) is 14.8 Å². The Bertz CT molecular complexity index is 932. The minimum Gasteiger partial charge on any atom is -0.490 e. The minimum absolute atomic E-state index is 0.00191. The molecule has 0 atom stereocenters. The normalized spacial score (nSPS) is 11.5. The summed E-state index contributed by atoms with van der Waals surface area (Å²) in [4.78, 5) is 12.3. The summed E-state index contributed by atoms with van der Waals surface area (Å²) in [5, 5.41) is 0.122. The third-order valence-corrected chi connectivity index (χ3v) is 6.75. The molecule has 0 bridgehead atoms. The lowest BCUT2D eigenvalue weighted by Crippen LogP contribution is -2.30. The second-order valence-corrected chi connectivity index (χ2v) is 8.93. The van der Waals surface area contributed by atoms with Crippen LogP contribution in [0.3, 0.4) is 0 Å². The van der Waals surface area contributed by atoms with Gasteiger partial charge in [-0.15, -0.1) is 0 Å². The highest BCUT2D eigenvalue weighted by atomic mass is 79.9. The van der Waals surface area contributed by atoms with E-state index in [1.165, 1.54) is 22.5 Å². The van der Waals surface area contributed by atoms with Crippen molar-refractivity contribution in [1.82, 2.24) is 4.31 Å². The van der Waals surface area contributed by atoms with E-state index in [1.54, 1.807) is 26.0 Å². The van der Waals surface area contributed by atoms with Gasteiger partial charge in [-0.25, -0.2) is 13.2 Å². The Morgan fingerprint density at radius 2 is 1.82 bits per heavy atom. The molecule has 2 aromatic carbocycles. The molecule has 0 saturated heterocycles. The number of halogens is 2. The number of hydrogen-bond acceptors (Lipinski definition) is 5. The topological polar surface area (TPSA) is 72.9 Å². The molecule has 28 heavy (non-hydrogen) atoms. The van der Waals surface area contributed by atoms with E-state index in [9.17, 15) is 13.2 Å². The maximum absolute atomic E-state index is 12.6. The van der Waals surface area contributed by atoms with Crippen molar-refractivity contribution in [2.24, 2.45) is 0 Å². The molecule has 0 heterocycles. The zero-order valence-corrected chi connectivity index (χ0v) is 18.7. The number of carbonyl (C=O) groups excluding carboxylic acids is 1. The third-order valence-electron chi connectivity index (χ3n) is 3.88. The van der Waals surface area contributed by atoms with Crippen LogP contribution in [0, 0.1) is 0 Å². The van der Waals surface area contributed by atoms with E-state index in [-0.39, 0.29) is 28.7 Å². The summed E-state index contributed by atoms with van der Waals surface area (Å²) in [5.74, 6) is -0.0739. The van der Waals surface area contributed by atoms with Crippen molar-refractivity contribution in [2.75, 3.05) is 26.3 Å². The van der Waals surface area contributed by atoms with E-state index in [0.29, 0.717) is 18.8 Å². The number of rotatable bonds is 9. The lowest BCUT2D eigenvalue weighted by atomic mass is 10.2. The van der Waals surface area contributed by atoms with Crippen LogP contribution in [0.15, 0.2) is 51.8 Å². The van der Waals surface area contributed by atoms with Gasteiger partial charge in [0.15, 0.2) is 0 Å². The first-order valence-corrected chi connectivity index (χ1v) is 11.3. The summed E-state index contributed by atoms with van der Waals surface area (Å²) >= 11 is 9.41. The average molecular weight is 491 g/mol. The first kappa shape index (κ1) is 22.7. The van der Waals surface area contributed by atoms with Gasteiger partial charge in [0.25, 0.3) is 0 Å². The Hall–Kier alpha value is -1.61. The largest absolute Gasteiger partial charge is 0.490 e. The average Bonchev–Trinajstić information content (AvgIpc) is 2.66. The van der Waals surface area contributed by atoms with Gasteiger partial charge in [-0.1, -0.05) is 47.4 Å². The lowest BCUT2D eigenvalue weighted by Gasteiger charge is -2.19. The molecule has 0 N–H and O–H groups in total. The van der Waals surface area contributed by atoms with E-state index < -0.39 is 16.0 Å². The summed E-state index contributed by atoms with van der Waals surface area (Å²) < 4.78 is 38.1. The zero-order valence-electron chi connectivity index (χ0n) is 15.5. The van der Waals surface area contributed by atoms with E-state index in [1.807, 2.05) is 12.1 Å². The van der Waals surface area contributed by atoms with Crippen molar-refractivity contribution < 1.29 is 22.7 Å². The monoisotopic (exact) mass is 489 g/mol. The second kappa shape index (κ2) is 10.2. The Morgan fingerprint density at radius 1 is 1.11 bits per heavy atom. The standard InChI is InChI=1S/C19H21BrClNO5S/c1-3-22(4-2)28(24,25)16-8-9-18(21)17(13-16)19(23)27-11-10-26-15-7-5-6-14(20)12-15/h5-9,12-13H,3-4,10-11H2,1-2H3. The van der Waals surface area contributed by atoms with Gasteiger partial charge in [-0.3, -0.25) is 0 Å². The molecule has 0 aliphatic rings. The molecule has 0 aliphatic carbocycles. The fourth-order valence-corrected chi connectivity index (χ4v) is 4.52. The van der Waals surface area contributed by atoms with E-state index >= 15 is 0 Å². The van der Waals surface area contributed by atoms with Crippen molar-refractivity contribution >= 4 is 43.5 Å². The van der Waals surface area contributed by atoms with Crippen LogP contribution in [0.5, 0.6) is 5.75 Å². The smallest absolute Gasteiger partial charge is 0.339 e. The van der Waals surface area contributed by atoms with Crippen molar-refractivity contribution in [3.05, 3.63) is 57.5 Å². The van der Waals surface area contributed by atoms with Crippen LogP contribution in [0.2, 0.25) is 5.02 Å². The van der Waals surface area contributed by atoms with E-state index in [0.717, 1.165) is 4.47 Å². The summed E-state index contributed by atoms with van der Waals surface area (Å²) in [6.07, 6.45) is 0. The number of benzene rings is 2. The molecule has 6 nitrogen and oxygen atoms in total. The molecule has 9 heteroatoms. The van der Waals surface area contributed by atoms with Crippen molar-refractivity contribution in [3.63, 3.8) is 0 Å². The quantitative estimate of drug-likeness (QED) is 0.385. The maximum Gasteiger partial charge on any atom is 0.339 e. The molecule has 0 spiro atoms. The van der Waals surface area contributed by atoms with Gasteiger partial charge in [0.2, 0.25) is 10.0 Å². The molecule has 0 aromatic heterocycles. The van der Waals surface area contributed by atoms with Crippen molar-refractivity contribution in [2.45, 2.75) is 18.7 Å². The highest BCUT2D eigenvalue weighted by Crippen LogP contribution is 2.24. The van der Waals surface area contributed by atoms with Crippen LogP contribution < -0.4 is 4.74 Å².